The van der Waals surface area contributed by atoms with E-state index in [0.29, 0.717) is 0 Å². The molecule has 0 bridgehead atoms. The maximum absolute atomic E-state index is 11.1. The van der Waals surface area contributed by atoms with E-state index in [-0.39, 0.29) is 11.5 Å². The quantitative estimate of drug-likeness (QED) is 0.390. The highest BCUT2D eigenvalue weighted by molar-refractivity contribution is 5.87. The molecule has 0 saturated heterocycles. The van der Waals surface area contributed by atoms with Gasteiger partial charge in [-0.3, -0.25) is 4.79 Å². The van der Waals surface area contributed by atoms with Gasteiger partial charge in [-0.1, -0.05) is 0 Å². The summed E-state index contributed by atoms with van der Waals surface area (Å²) in [5.41, 5.74) is -0.590. The molecule has 0 saturated carbocycles. The Hall–Kier alpha value is -1.32. The second-order valence-electron chi connectivity index (χ2n) is 3.93. The van der Waals surface area contributed by atoms with Crippen LogP contribution in [0.5, 0.6) is 0 Å². The van der Waals surface area contributed by atoms with Crippen molar-refractivity contribution in [1.82, 2.24) is 0 Å². The van der Waals surface area contributed by atoms with Crippen molar-refractivity contribution in [3.63, 3.8) is 0 Å². The first-order chi connectivity index (χ1) is 6.20. The van der Waals surface area contributed by atoms with Crippen LogP contribution in [0.2, 0.25) is 0 Å². The highest BCUT2D eigenvalue weighted by atomic mass is 16.7. The van der Waals surface area contributed by atoms with Crippen molar-refractivity contribution in [3.05, 3.63) is 11.8 Å². The summed E-state index contributed by atoms with van der Waals surface area (Å²) in [5, 5.41) is 0. The lowest BCUT2D eigenvalue weighted by atomic mass is 10.2. The number of hydrogen-bond donors (Lipinski definition) is 0. The van der Waals surface area contributed by atoms with Crippen molar-refractivity contribution < 1.29 is 19.1 Å². The van der Waals surface area contributed by atoms with E-state index in [9.17, 15) is 9.59 Å². The average molecular weight is 200 g/mol. The van der Waals surface area contributed by atoms with Crippen LogP contribution in [-0.4, -0.2) is 17.5 Å². The molecule has 0 N–H and O–H groups in total. The van der Waals surface area contributed by atoms with Gasteiger partial charge in [0.1, 0.15) is 11.4 Å². The van der Waals surface area contributed by atoms with Crippen molar-refractivity contribution in [2.24, 2.45) is 0 Å². The third-order valence-electron chi connectivity index (χ3n) is 1.04. The summed E-state index contributed by atoms with van der Waals surface area (Å²) in [6.07, 6.45) is 0.427. The van der Waals surface area contributed by atoms with E-state index < -0.39 is 11.8 Å². The fourth-order valence-electron chi connectivity index (χ4n) is 0.718. The first-order valence-corrected chi connectivity index (χ1v) is 4.30. The van der Waals surface area contributed by atoms with Gasteiger partial charge in [0.25, 0.3) is 0 Å². The topological polar surface area (TPSA) is 52.6 Å². The average Bonchev–Trinajstić information content (AvgIpc) is 1.77. The zero-order valence-corrected chi connectivity index (χ0v) is 9.21. The molecule has 0 atom stereocenters. The molecular formula is C10H16O4. The van der Waals surface area contributed by atoms with Crippen LogP contribution < -0.4 is 0 Å². The molecule has 0 spiro atoms. The summed E-state index contributed by atoms with van der Waals surface area (Å²) in [6.45, 7) is 8.10. The summed E-state index contributed by atoms with van der Waals surface area (Å²) in [7, 11) is 0. The Bertz CT molecular complexity index is 258. The molecular weight excluding hydrogens is 184 g/mol. The van der Waals surface area contributed by atoms with Crippen LogP contribution in [0.25, 0.3) is 0 Å². The molecule has 0 aliphatic carbocycles. The van der Waals surface area contributed by atoms with E-state index >= 15 is 0 Å². The molecule has 80 valence electrons. The zero-order valence-electron chi connectivity index (χ0n) is 9.21. The molecule has 0 radical (unpaired) electrons. The van der Waals surface area contributed by atoms with Gasteiger partial charge in [-0.2, -0.15) is 0 Å². The third kappa shape index (κ3) is 7.34. The Morgan fingerprint density at radius 2 is 1.64 bits per heavy atom. The number of rotatable bonds is 2. The fraction of sp³-hybridized carbons (Fsp3) is 0.600. The number of hydrogen-bond acceptors (Lipinski definition) is 4. The molecule has 0 unspecified atom stereocenters. The monoisotopic (exact) mass is 200 g/mol. The Balaban J connectivity index is 4.14. The molecule has 4 nitrogen and oxygen atoms in total. The van der Waals surface area contributed by atoms with Crippen molar-refractivity contribution in [3.8, 4) is 0 Å². The first-order valence-electron chi connectivity index (χ1n) is 4.30. The van der Waals surface area contributed by atoms with Crippen molar-refractivity contribution in [1.29, 1.82) is 0 Å². The lowest BCUT2D eigenvalue weighted by Crippen LogP contribution is -2.24. The first kappa shape index (κ1) is 12.7. The van der Waals surface area contributed by atoms with Gasteiger partial charge in [0.15, 0.2) is 5.78 Å². The largest absolute Gasteiger partial charge is 0.514 e. The number of ketones is 1. The molecule has 0 heterocycles. The minimum atomic E-state index is -0.799. The maximum Gasteiger partial charge on any atom is 0.514 e. The Kier molecular flexibility index (Phi) is 4.34. The van der Waals surface area contributed by atoms with E-state index in [1.165, 1.54) is 19.9 Å². The second-order valence-corrected chi connectivity index (χ2v) is 3.93. The van der Waals surface area contributed by atoms with Crippen LogP contribution in [-0.2, 0) is 14.3 Å². The van der Waals surface area contributed by atoms with Gasteiger partial charge in [-0.25, -0.2) is 4.79 Å². The molecule has 4 heteroatoms. The summed E-state index contributed by atoms with van der Waals surface area (Å²) >= 11 is 0. The number of carbonyl (C=O) groups is 2. The SMILES string of the molecule is CC(=O)/C=C(\C)OC(=O)OC(C)(C)C. The fourth-order valence-corrected chi connectivity index (χ4v) is 0.718. The molecule has 0 aliphatic heterocycles. The number of allylic oxidation sites excluding steroid dienone is 2. The number of carbonyl (C=O) groups excluding carboxylic acids is 2. The minimum absolute atomic E-state index is 0.175. The van der Waals surface area contributed by atoms with Gasteiger partial charge in [0, 0.05) is 6.08 Å². The van der Waals surface area contributed by atoms with Gasteiger partial charge < -0.3 is 9.47 Å². The van der Waals surface area contributed by atoms with Crippen LogP contribution >= 0.6 is 0 Å². The van der Waals surface area contributed by atoms with E-state index in [0.717, 1.165) is 0 Å². The van der Waals surface area contributed by atoms with Crippen LogP contribution in [0.1, 0.15) is 34.6 Å². The smallest absolute Gasteiger partial charge is 0.428 e. The lowest BCUT2D eigenvalue weighted by molar-refractivity contribution is -0.112. The van der Waals surface area contributed by atoms with Gasteiger partial charge in [0.2, 0.25) is 0 Å². The Morgan fingerprint density at radius 1 is 1.14 bits per heavy atom. The van der Waals surface area contributed by atoms with Gasteiger partial charge in [-0.05, 0) is 34.6 Å². The van der Waals surface area contributed by atoms with E-state index in [2.05, 4.69) is 0 Å². The van der Waals surface area contributed by atoms with Crippen LogP contribution in [0, 0.1) is 0 Å². The Morgan fingerprint density at radius 3 is 2.00 bits per heavy atom. The maximum atomic E-state index is 11.1. The highest BCUT2D eigenvalue weighted by Crippen LogP contribution is 2.10. The molecule has 0 rings (SSSR count). The third-order valence-corrected chi connectivity index (χ3v) is 1.04. The summed E-state index contributed by atoms with van der Waals surface area (Å²) in [4.78, 5) is 21.7. The zero-order chi connectivity index (χ0) is 11.4. The van der Waals surface area contributed by atoms with E-state index in [1.54, 1.807) is 20.8 Å². The molecule has 0 amide bonds. The summed E-state index contributed by atoms with van der Waals surface area (Å²) in [6, 6.07) is 0. The van der Waals surface area contributed by atoms with Crippen LogP contribution in [0.3, 0.4) is 0 Å². The van der Waals surface area contributed by atoms with Crippen molar-refractivity contribution in [2.45, 2.75) is 40.2 Å². The summed E-state index contributed by atoms with van der Waals surface area (Å²) in [5.74, 6) is 0.0535. The van der Waals surface area contributed by atoms with Gasteiger partial charge in [-0.15, -0.1) is 0 Å². The van der Waals surface area contributed by atoms with Crippen molar-refractivity contribution >= 4 is 11.9 Å². The molecule has 0 aromatic heterocycles. The molecule has 0 aromatic rings. The highest BCUT2D eigenvalue weighted by Gasteiger charge is 2.17. The van der Waals surface area contributed by atoms with Crippen molar-refractivity contribution in [2.75, 3.05) is 0 Å². The Labute approximate surface area is 83.9 Å². The minimum Gasteiger partial charge on any atom is -0.428 e. The molecule has 0 fully saturated rings. The van der Waals surface area contributed by atoms with Crippen LogP contribution in [0.4, 0.5) is 4.79 Å². The van der Waals surface area contributed by atoms with Gasteiger partial charge >= 0.3 is 6.16 Å². The normalized spacial score (nSPS) is 12.2. The molecule has 0 aromatic carbocycles. The van der Waals surface area contributed by atoms with E-state index in [4.69, 9.17) is 9.47 Å². The standard InChI is InChI=1S/C10H16O4/c1-7(11)6-8(2)13-9(12)14-10(3,4)5/h6H,1-5H3/b8-6+. The lowest BCUT2D eigenvalue weighted by Gasteiger charge is -2.18. The predicted molar refractivity (Wildman–Crippen MR) is 51.8 cm³/mol. The van der Waals surface area contributed by atoms with E-state index in [1.807, 2.05) is 0 Å². The van der Waals surface area contributed by atoms with Gasteiger partial charge in [0.05, 0.1) is 0 Å². The summed E-state index contributed by atoms with van der Waals surface area (Å²) < 4.78 is 9.59. The predicted octanol–water partition coefficient (Wildman–Crippen LogP) is 2.43. The molecule has 0 aliphatic rings. The molecule has 14 heavy (non-hydrogen) atoms. The van der Waals surface area contributed by atoms with Crippen LogP contribution in [0.15, 0.2) is 11.8 Å². The number of ether oxygens (including phenoxy) is 2. The second kappa shape index (κ2) is 4.79.